The van der Waals surface area contributed by atoms with Crippen molar-refractivity contribution < 1.29 is 18.6 Å². The molecule has 27 heavy (non-hydrogen) atoms. The van der Waals surface area contributed by atoms with Gasteiger partial charge in [-0.3, -0.25) is 10.1 Å². The van der Waals surface area contributed by atoms with Crippen LogP contribution in [-0.2, 0) is 16.1 Å². The number of hydrogen-bond donors (Lipinski definition) is 4. The number of amides is 2. The van der Waals surface area contributed by atoms with Gasteiger partial charge in [-0.2, -0.15) is 0 Å². The zero-order chi connectivity index (χ0) is 19.6. The summed E-state index contributed by atoms with van der Waals surface area (Å²) in [6.07, 6.45) is 1.72. The van der Waals surface area contributed by atoms with Crippen molar-refractivity contribution in [1.29, 1.82) is 5.41 Å². The topological polar surface area (TPSA) is 130 Å². The van der Waals surface area contributed by atoms with Crippen LogP contribution in [0.2, 0.25) is 0 Å². The van der Waals surface area contributed by atoms with Crippen LogP contribution in [0.3, 0.4) is 0 Å². The molecule has 0 aliphatic carbocycles. The van der Waals surface area contributed by atoms with Gasteiger partial charge in [0.05, 0.1) is 13.0 Å². The summed E-state index contributed by atoms with van der Waals surface area (Å²) >= 11 is 0. The number of nitrogens with zero attached hydrogens (tertiary/aromatic N) is 1. The SMILES string of the molecule is CCOC(=O)CCC(=N)c1cnc(NC(=O)NCc2ccccc2)cc1N.[HH].[HH].[HH]. The molecule has 0 spiro atoms. The molecule has 0 aliphatic rings. The Morgan fingerprint density at radius 3 is 2.67 bits per heavy atom. The molecule has 0 fully saturated rings. The Bertz CT molecular complexity index is 822. The van der Waals surface area contributed by atoms with Gasteiger partial charge in [-0.15, -0.1) is 0 Å². The molecular formula is C19H29N5O3. The highest BCUT2D eigenvalue weighted by Gasteiger charge is 2.12. The first-order valence-corrected chi connectivity index (χ1v) is 8.57. The summed E-state index contributed by atoms with van der Waals surface area (Å²) in [4.78, 5) is 27.5. The smallest absolute Gasteiger partial charge is 0.320 e. The molecule has 0 saturated heterocycles. The number of urea groups is 1. The highest BCUT2D eigenvalue weighted by atomic mass is 16.5. The Balaban J connectivity index is 0. The van der Waals surface area contributed by atoms with Gasteiger partial charge in [0.2, 0.25) is 0 Å². The lowest BCUT2D eigenvalue weighted by Gasteiger charge is -2.11. The van der Waals surface area contributed by atoms with Crippen LogP contribution in [0.15, 0.2) is 42.6 Å². The van der Waals surface area contributed by atoms with Crippen molar-refractivity contribution in [2.75, 3.05) is 17.7 Å². The molecule has 0 saturated carbocycles. The third kappa shape index (κ3) is 6.43. The first-order valence-electron chi connectivity index (χ1n) is 8.57. The second-order valence-corrected chi connectivity index (χ2v) is 5.73. The van der Waals surface area contributed by atoms with Gasteiger partial charge in [-0.1, -0.05) is 30.3 Å². The highest BCUT2D eigenvalue weighted by Crippen LogP contribution is 2.17. The van der Waals surface area contributed by atoms with Gasteiger partial charge in [-0.25, -0.2) is 9.78 Å². The monoisotopic (exact) mass is 375 g/mol. The van der Waals surface area contributed by atoms with E-state index in [1.807, 2.05) is 30.3 Å². The molecule has 2 amide bonds. The van der Waals surface area contributed by atoms with Gasteiger partial charge >= 0.3 is 12.0 Å². The minimum Gasteiger partial charge on any atom is -0.466 e. The fourth-order valence-electron chi connectivity index (χ4n) is 2.33. The van der Waals surface area contributed by atoms with Crippen molar-refractivity contribution in [1.82, 2.24) is 10.3 Å². The van der Waals surface area contributed by atoms with Crippen LogP contribution in [0, 0.1) is 5.41 Å². The molecule has 148 valence electrons. The van der Waals surface area contributed by atoms with Crippen molar-refractivity contribution in [3.63, 3.8) is 0 Å². The van der Waals surface area contributed by atoms with E-state index in [1.54, 1.807) is 6.92 Å². The molecule has 1 heterocycles. The molecule has 0 radical (unpaired) electrons. The predicted molar refractivity (Wildman–Crippen MR) is 110 cm³/mol. The Hall–Kier alpha value is -3.42. The van der Waals surface area contributed by atoms with E-state index >= 15 is 0 Å². The number of rotatable bonds is 8. The number of aromatic nitrogens is 1. The maximum atomic E-state index is 12.0. The summed E-state index contributed by atoms with van der Waals surface area (Å²) in [5.41, 5.74) is 7.85. The summed E-state index contributed by atoms with van der Waals surface area (Å²) in [5, 5.41) is 13.4. The molecule has 1 aromatic carbocycles. The number of carbonyl (C=O) groups is 2. The average molecular weight is 375 g/mol. The maximum Gasteiger partial charge on any atom is 0.320 e. The lowest BCUT2D eigenvalue weighted by atomic mass is 10.1. The first kappa shape index (κ1) is 19.9. The normalized spacial score (nSPS) is 10.1. The van der Waals surface area contributed by atoms with Crippen LogP contribution in [0.5, 0.6) is 0 Å². The molecule has 0 atom stereocenters. The number of hydrogen-bond acceptors (Lipinski definition) is 6. The number of ether oxygens (including phenoxy) is 1. The third-order valence-electron chi connectivity index (χ3n) is 3.68. The quantitative estimate of drug-likeness (QED) is 0.415. The fraction of sp³-hybridized carbons (Fsp3) is 0.263. The van der Waals surface area contributed by atoms with Gasteiger partial charge < -0.3 is 21.2 Å². The van der Waals surface area contributed by atoms with E-state index in [0.29, 0.717) is 24.4 Å². The van der Waals surface area contributed by atoms with Gasteiger partial charge in [0, 0.05) is 46.5 Å². The van der Waals surface area contributed by atoms with Crippen LogP contribution in [0.1, 0.15) is 35.2 Å². The summed E-state index contributed by atoms with van der Waals surface area (Å²) in [6, 6.07) is 10.6. The number of anilines is 2. The van der Waals surface area contributed by atoms with Crippen molar-refractivity contribution in [2.45, 2.75) is 26.3 Å². The average Bonchev–Trinajstić information content (AvgIpc) is 2.66. The summed E-state index contributed by atoms with van der Waals surface area (Å²) < 4.78 is 4.84. The zero-order valence-corrected chi connectivity index (χ0v) is 15.1. The van der Waals surface area contributed by atoms with Crippen LogP contribution in [0.4, 0.5) is 16.3 Å². The van der Waals surface area contributed by atoms with E-state index in [0.717, 1.165) is 5.56 Å². The van der Waals surface area contributed by atoms with Crippen LogP contribution >= 0.6 is 0 Å². The number of pyridine rings is 1. The summed E-state index contributed by atoms with van der Waals surface area (Å²) in [7, 11) is 0. The lowest BCUT2D eigenvalue weighted by Crippen LogP contribution is -2.28. The number of nitrogen functional groups attached to an aromatic ring is 1. The second-order valence-electron chi connectivity index (χ2n) is 5.73. The zero-order valence-electron chi connectivity index (χ0n) is 15.1. The molecule has 2 aromatic rings. The molecule has 0 unspecified atom stereocenters. The molecule has 8 nitrogen and oxygen atoms in total. The molecular weight excluding hydrogens is 346 g/mol. The molecule has 2 rings (SSSR count). The Morgan fingerprint density at radius 2 is 2.00 bits per heavy atom. The van der Waals surface area contributed by atoms with Crippen molar-refractivity contribution >= 4 is 29.2 Å². The molecule has 0 aliphatic heterocycles. The van der Waals surface area contributed by atoms with Crippen molar-refractivity contribution in [2.24, 2.45) is 0 Å². The van der Waals surface area contributed by atoms with Crippen LogP contribution < -0.4 is 16.4 Å². The number of nitrogens with one attached hydrogen (secondary N) is 3. The predicted octanol–water partition coefficient (Wildman–Crippen LogP) is 3.43. The van der Waals surface area contributed by atoms with Crippen LogP contribution in [0.25, 0.3) is 0 Å². The number of esters is 1. The van der Waals surface area contributed by atoms with E-state index < -0.39 is 6.03 Å². The van der Waals surface area contributed by atoms with E-state index in [-0.39, 0.29) is 34.6 Å². The van der Waals surface area contributed by atoms with E-state index in [4.69, 9.17) is 15.9 Å². The fourth-order valence-corrected chi connectivity index (χ4v) is 2.33. The van der Waals surface area contributed by atoms with Gasteiger partial charge in [0.25, 0.3) is 0 Å². The van der Waals surface area contributed by atoms with Gasteiger partial charge in [0.1, 0.15) is 5.82 Å². The number of nitrogens with two attached hydrogens (primary N) is 1. The molecule has 1 aromatic heterocycles. The molecule has 0 bridgehead atoms. The Labute approximate surface area is 162 Å². The van der Waals surface area contributed by atoms with E-state index in [2.05, 4.69) is 15.6 Å². The summed E-state index contributed by atoms with van der Waals surface area (Å²) in [6.45, 7) is 2.42. The molecule has 5 N–H and O–H groups in total. The highest BCUT2D eigenvalue weighted by molar-refractivity contribution is 6.04. The van der Waals surface area contributed by atoms with Crippen molar-refractivity contribution in [3.8, 4) is 0 Å². The number of carbonyl (C=O) groups excluding carboxylic acids is 2. The van der Waals surface area contributed by atoms with Crippen molar-refractivity contribution in [3.05, 3.63) is 53.7 Å². The largest absolute Gasteiger partial charge is 0.466 e. The lowest BCUT2D eigenvalue weighted by molar-refractivity contribution is -0.142. The summed E-state index contributed by atoms with van der Waals surface area (Å²) in [5.74, 6) is -0.0813. The Kier molecular flexibility index (Phi) is 7.30. The van der Waals surface area contributed by atoms with Gasteiger partial charge in [0.15, 0.2) is 0 Å². The Morgan fingerprint density at radius 1 is 1.26 bits per heavy atom. The maximum absolute atomic E-state index is 12.0. The van der Waals surface area contributed by atoms with E-state index in [9.17, 15) is 9.59 Å². The second kappa shape index (κ2) is 9.91. The molecule has 8 heteroatoms. The minimum absolute atomic E-state index is 0. The van der Waals surface area contributed by atoms with Crippen LogP contribution in [-0.4, -0.2) is 29.3 Å². The number of benzene rings is 1. The third-order valence-corrected chi connectivity index (χ3v) is 3.68. The van der Waals surface area contributed by atoms with Gasteiger partial charge in [-0.05, 0) is 12.5 Å². The standard InChI is InChI=1S/C19H23N5O3.3H2/c1-2-27-18(25)9-8-15(20)14-12-22-17(10-16(14)21)24-19(26)23-11-13-6-4-3-5-7-13;;;/h3-7,10,12,20H,2,8-9,11H2,1H3,(H4,21,22,23,24,26);3*1H. The van der Waals surface area contributed by atoms with E-state index in [1.165, 1.54) is 12.3 Å². The minimum atomic E-state index is -0.407. The first-order chi connectivity index (χ1) is 13.0.